The van der Waals surface area contributed by atoms with Crippen LogP contribution in [0.3, 0.4) is 0 Å². The molecule has 5 nitrogen and oxygen atoms in total. The lowest BCUT2D eigenvalue weighted by Crippen LogP contribution is -2.48. The van der Waals surface area contributed by atoms with E-state index >= 15 is 0 Å². The van der Waals surface area contributed by atoms with Gasteiger partial charge in [-0.1, -0.05) is 6.42 Å². The van der Waals surface area contributed by atoms with Crippen molar-refractivity contribution in [3.8, 4) is 0 Å². The number of amides is 1. The maximum Gasteiger partial charge on any atom is 0.225 e. The monoisotopic (exact) mass is 328 g/mol. The van der Waals surface area contributed by atoms with Gasteiger partial charge in [0.05, 0.1) is 12.1 Å². The van der Waals surface area contributed by atoms with Crippen LogP contribution >= 0.6 is 0 Å². The van der Waals surface area contributed by atoms with Crippen LogP contribution in [0.1, 0.15) is 45.4 Å². The molecule has 24 heavy (non-hydrogen) atoms. The van der Waals surface area contributed by atoms with Crippen molar-refractivity contribution in [2.24, 2.45) is 23.7 Å². The van der Waals surface area contributed by atoms with Gasteiger partial charge in [0.25, 0.3) is 0 Å². The fourth-order valence-electron chi connectivity index (χ4n) is 5.21. The second-order valence-corrected chi connectivity index (χ2v) is 7.98. The van der Waals surface area contributed by atoms with Crippen LogP contribution in [-0.2, 0) is 4.79 Å². The summed E-state index contributed by atoms with van der Waals surface area (Å²) in [4.78, 5) is 23.5. The van der Waals surface area contributed by atoms with E-state index in [1.54, 1.807) is 18.6 Å². The molecule has 3 fully saturated rings. The smallest absolute Gasteiger partial charge is 0.225 e. The van der Waals surface area contributed by atoms with Gasteiger partial charge in [0.15, 0.2) is 0 Å². The average molecular weight is 328 g/mol. The first-order valence-electron chi connectivity index (χ1n) is 9.52. The van der Waals surface area contributed by atoms with Crippen LogP contribution in [0.15, 0.2) is 18.6 Å². The summed E-state index contributed by atoms with van der Waals surface area (Å²) < 4.78 is 0. The van der Waals surface area contributed by atoms with E-state index in [1.165, 1.54) is 25.7 Å². The predicted octanol–water partition coefficient (Wildman–Crippen LogP) is 2.63. The van der Waals surface area contributed by atoms with E-state index in [0.29, 0.717) is 12.0 Å². The normalized spacial score (nSPS) is 33.5. The van der Waals surface area contributed by atoms with Crippen molar-refractivity contribution < 1.29 is 4.79 Å². The number of carbonyl (C=O) groups is 1. The Hall–Kier alpha value is -1.65. The number of piperidine rings is 1. The zero-order chi connectivity index (χ0) is 16.5. The number of hydrogen-bond acceptors (Lipinski definition) is 4. The van der Waals surface area contributed by atoms with Gasteiger partial charge in [-0.05, 0) is 56.8 Å². The lowest BCUT2D eigenvalue weighted by atomic mass is 9.83. The van der Waals surface area contributed by atoms with Gasteiger partial charge in [-0.3, -0.25) is 9.78 Å². The van der Waals surface area contributed by atoms with Gasteiger partial charge < -0.3 is 10.2 Å². The minimum absolute atomic E-state index is 0.0711. The van der Waals surface area contributed by atoms with E-state index in [-0.39, 0.29) is 11.8 Å². The molecule has 0 spiro atoms. The van der Waals surface area contributed by atoms with Crippen LogP contribution < -0.4 is 10.2 Å². The number of rotatable bonds is 4. The molecule has 1 amide bonds. The third-order valence-corrected chi connectivity index (χ3v) is 6.47. The van der Waals surface area contributed by atoms with Gasteiger partial charge in [0, 0.05) is 31.5 Å². The van der Waals surface area contributed by atoms with E-state index in [0.717, 1.165) is 43.6 Å². The SMILES string of the molecule is CC(NC(=O)C1CCCN(c2cnccn2)C1)C1CC2CCC1C2. The van der Waals surface area contributed by atoms with Crippen molar-refractivity contribution in [2.45, 2.75) is 51.5 Å². The number of hydrogen-bond donors (Lipinski definition) is 1. The molecule has 130 valence electrons. The minimum Gasteiger partial charge on any atom is -0.355 e. The molecule has 1 saturated heterocycles. The maximum absolute atomic E-state index is 12.8. The molecule has 5 unspecified atom stereocenters. The summed E-state index contributed by atoms with van der Waals surface area (Å²) in [6, 6.07) is 0.319. The molecular weight excluding hydrogens is 300 g/mol. The average Bonchev–Trinajstić information content (AvgIpc) is 3.26. The Balaban J connectivity index is 1.34. The summed E-state index contributed by atoms with van der Waals surface area (Å²) in [7, 11) is 0. The standard InChI is InChI=1S/C19H28N4O/c1-13(17-10-14-4-5-15(17)9-14)22-19(24)16-3-2-8-23(12-16)18-11-20-6-7-21-18/h6-7,11,13-17H,2-5,8-10,12H2,1H3,(H,22,24). The Morgan fingerprint density at radius 3 is 2.92 bits per heavy atom. The van der Waals surface area contributed by atoms with Crippen molar-refractivity contribution >= 4 is 11.7 Å². The Morgan fingerprint density at radius 2 is 2.21 bits per heavy atom. The molecule has 3 aliphatic rings. The highest BCUT2D eigenvalue weighted by atomic mass is 16.2. The summed E-state index contributed by atoms with van der Waals surface area (Å²) >= 11 is 0. The van der Waals surface area contributed by atoms with Crippen LogP contribution in [0, 0.1) is 23.7 Å². The molecule has 2 bridgehead atoms. The highest BCUT2D eigenvalue weighted by Crippen LogP contribution is 2.49. The number of fused-ring (bicyclic) bond motifs is 2. The molecular formula is C19H28N4O. The molecule has 0 radical (unpaired) electrons. The summed E-state index contributed by atoms with van der Waals surface area (Å²) in [5.41, 5.74) is 0. The van der Waals surface area contributed by atoms with Gasteiger partial charge in [0.2, 0.25) is 5.91 Å². The van der Waals surface area contributed by atoms with Gasteiger partial charge in [-0.25, -0.2) is 4.98 Å². The van der Waals surface area contributed by atoms with Crippen LogP contribution in [-0.4, -0.2) is 35.0 Å². The number of carbonyl (C=O) groups excluding carboxylic acids is 1. The van der Waals surface area contributed by atoms with Crippen LogP contribution in [0.2, 0.25) is 0 Å². The fourth-order valence-corrected chi connectivity index (χ4v) is 5.21. The minimum atomic E-state index is 0.0711. The quantitative estimate of drug-likeness (QED) is 0.923. The van der Waals surface area contributed by atoms with E-state index in [4.69, 9.17) is 0 Å². The Kier molecular flexibility index (Phi) is 4.42. The lowest BCUT2D eigenvalue weighted by molar-refractivity contribution is -0.126. The molecule has 4 rings (SSSR count). The van der Waals surface area contributed by atoms with E-state index in [2.05, 4.69) is 27.1 Å². The zero-order valence-corrected chi connectivity index (χ0v) is 14.5. The first kappa shape index (κ1) is 15.9. The highest BCUT2D eigenvalue weighted by molar-refractivity contribution is 5.79. The molecule has 1 aromatic rings. The van der Waals surface area contributed by atoms with E-state index in [1.807, 2.05) is 0 Å². The highest BCUT2D eigenvalue weighted by Gasteiger charge is 2.42. The van der Waals surface area contributed by atoms with Gasteiger partial charge in [0.1, 0.15) is 5.82 Å². The first-order valence-corrected chi connectivity index (χ1v) is 9.52. The summed E-state index contributed by atoms with van der Waals surface area (Å²) in [5.74, 6) is 3.68. The molecule has 5 heteroatoms. The Labute approximate surface area is 144 Å². The van der Waals surface area contributed by atoms with Crippen LogP contribution in [0.25, 0.3) is 0 Å². The van der Waals surface area contributed by atoms with Gasteiger partial charge >= 0.3 is 0 Å². The molecule has 1 N–H and O–H groups in total. The predicted molar refractivity (Wildman–Crippen MR) is 93.5 cm³/mol. The molecule has 0 aromatic carbocycles. The summed E-state index contributed by atoms with van der Waals surface area (Å²) in [5, 5.41) is 3.35. The van der Waals surface area contributed by atoms with Crippen molar-refractivity contribution in [2.75, 3.05) is 18.0 Å². The lowest BCUT2D eigenvalue weighted by Gasteiger charge is -2.34. The van der Waals surface area contributed by atoms with Crippen molar-refractivity contribution in [3.63, 3.8) is 0 Å². The van der Waals surface area contributed by atoms with Crippen LogP contribution in [0.4, 0.5) is 5.82 Å². The van der Waals surface area contributed by atoms with Crippen molar-refractivity contribution in [1.29, 1.82) is 0 Å². The summed E-state index contributed by atoms with van der Waals surface area (Å²) in [6.07, 6.45) is 12.7. The van der Waals surface area contributed by atoms with Gasteiger partial charge in [-0.15, -0.1) is 0 Å². The molecule has 1 aliphatic heterocycles. The number of aromatic nitrogens is 2. The number of nitrogens with one attached hydrogen (secondary N) is 1. The van der Waals surface area contributed by atoms with Crippen LogP contribution in [0.5, 0.6) is 0 Å². The first-order chi connectivity index (χ1) is 11.7. The molecule has 5 atom stereocenters. The third-order valence-electron chi connectivity index (χ3n) is 6.47. The number of anilines is 1. The van der Waals surface area contributed by atoms with Crippen molar-refractivity contribution in [1.82, 2.24) is 15.3 Å². The second-order valence-electron chi connectivity index (χ2n) is 7.98. The molecule has 2 saturated carbocycles. The topological polar surface area (TPSA) is 58.1 Å². The fraction of sp³-hybridized carbons (Fsp3) is 0.737. The molecule has 2 heterocycles. The largest absolute Gasteiger partial charge is 0.355 e. The van der Waals surface area contributed by atoms with Gasteiger partial charge in [-0.2, -0.15) is 0 Å². The third kappa shape index (κ3) is 3.13. The van der Waals surface area contributed by atoms with E-state index < -0.39 is 0 Å². The second kappa shape index (κ2) is 6.69. The van der Waals surface area contributed by atoms with Crippen molar-refractivity contribution in [3.05, 3.63) is 18.6 Å². The maximum atomic E-state index is 12.8. The molecule has 1 aromatic heterocycles. The molecule has 2 aliphatic carbocycles. The zero-order valence-electron chi connectivity index (χ0n) is 14.5. The Bertz CT molecular complexity index is 578. The van der Waals surface area contributed by atoms with E-state index in [9.17, 15) is 4.79 Å². The summed E-state index contributed by atoms with van der Waals surface area (Å²) in [6.45, 7) is 3.94. The Morgan fingerprint density at radius 1 is 1.29 bits per heavy atom. The number of nitrogens with zero attached hydrogens (tertiary/aromatic N) is 3.